The number of hydrogen-bond acceptors (Lipinski definition) is 2. The van der Waals surface area contributed by atoms with Crippen molar-refractivity contribution in [2.24, 2.45) is 0 Å². The first-order valence-electron chi connectivity index (χ1n) is 21.5. The van der Waals surface area contributed by atoms with Crippen LogP contribution in [-0.2, 0) is 0 Å². The van der Waals surface area contributed by atoms with E-state index >= 15 is 0 Å². The third-order valence-corrected chi connectivity index (χ3v) is 12.4. The summed E-state index contributed by atoms with van der Waals surface area (Å²) < 4.78 is 8.79. The van der Waals surface area contributed by atoms with Gasteiger partial charge in [-0.25, -0.2) is 0 Å². The third kappa shape index (κ3) is 6.38. The lowest BCUT2D eigenvalue weighted by atomic mass is 9.91. The molecular weight excluding hydrogens is 765 g/mol. The van der Waals surface area contributed by atoms with Gasteiger partial charge in [0.15, 0.2) is 0 Å². The van der Waals surface area contributed by atoms with Gasteiger partial charge in [-0.3, -0.25) is 0 Å². The van der Waals surface area contributed by atoms with E-state index in [1.807, 2.05) is 12.1 Å². The van der Waals surface area contributed by atoms with Crippen LogP contribution in [0.4, 0.5) is 17.1 Å². The van der Waals surface area contributed by atoms with Crippen molar-refractivity contribution < 1.29 is 4.42 Å². The molecule has 0 amide bonds. The smallest absolute Gasteiger partial charge is 0.135 e. The molecule has 0 aliphatic carbocycles. The molecule has 12 aromatic rings. The lowest BCUT2D eigenvalue weighted by Gasteiger charge is -2.27. The fourth-order valence-corrected chi connectivity index (χ4v) is 9.43. The highest BCUT2D eigenvalue weighted by molar-refractivity contribution is 6.10. The van der Waals surface area contributed by atoms with Crippen molar-refractivity contribution in [2.45, 2.75) is 0 Å². The molecule has 63 heavy (non-hydrogen) atoms. The molecule has 10 aromatic carbocycles. The predicted molar refractivity (Wildman–Crippen MR) is 264 cm³/mol. The van der Waals surface area contributed by atoms with Crippen molar-refractivity contribution in [3.8, 4) is 50.2 Å². The SMILES string of the molecule is c1ccc(-c2ccc(N(c3ccc(-c4ccccc4)cc3)c3ccc(-c4ccccc4-n4c5ccccc5c5ccccc54)c(-c4ccc5oc6ccccc6c5c4)c3)cc2)cc1. The number of fused-ring (bicyclic) bond motifs is 6. The predicted octanol–water partition coefficient (Wildman–Crippen LogP) is 16.8. The van der Waals surface area contributed by atoms with Crippen LogP contribution >= 0.6 is 0 Å². The number of furan rings is 1. The van der Waals surface area contributed by atoms with Gasteiger partial charge in [0, 0.05) is 44.2 Å². The van der Waals surface area contributed by atoms with E-state index in [9.17, 15) is 0 Å². The van der Waals surface area contributed by atoms with Gasteiger partial charge >= 0.3 is 0 Å². The second-order valence-corrected chi connectivity index (χ2v) is 16.1. The van der Waals surface area contributed by atoms with Crippen molar-refractivity contribution in [1.29, 1.82) is 0 Å². The Hall–Kier alpha value is -8.40. The maximum Gasteiger partial charge on any atom is 0.135 e. The van der Waals surface area contributed by atoms with E-state index < -0.39 is 0 Å². The number of hydrogen-bond donors (Lipinski definition) is 0. The van der Waals surface area contributed by atoms with Crippen LogP contribution < -0.4 is 4.90 Å². The van der Waals surface area contributed by atoms with Crippen LogP contribution in [0.15, 0.2) is 247 Å². The minimum Gasteiger partial charge on any atom is -0.456 e. The molecule has 0 spiro atoms. The van der Waals surface area contributed by atoms with E-state index in [2.05, 4.69) is 240 Å². The monoisotopic (exact) mass is 804 g/mol. The summed E-state index contributed by atoms with van der Waals surface area (Å²) in [6.07, 6.45) is 0. The molecule has 3 heteroatoms. The minimum atomic E-state index is 0.877. The molecule has 2 heterocycles. The second kappa shape index (κ2) is 15.3. The first kappa shape index (κ1) is 36.5. The first-order chi connectivity index (χ1) is 31.2. The van der Waals surface area contributed by atoms with E-state index in [0.29, 0.717) is 0 Å². The molecule has 0 bridgehead atoms. The molecular formula is C60H40N2O. The van der Waals surface area contributed by atoms with Crippen LogP contribution in [0.3, 0.4) is 0 Å². The number of para-hydroxylation sites is 4. The Balaban J connectivity index is 1.09. The van der Waals surface area contributed by atoms with Crippen LogP contribution in [0.1, 0.15) is 0 Å². The summed E-state index contributed by atoms with van der Waals surface area (Å²) in [6, 6.07) is 87.3. The van der Waals surface area contributed by atoms with E-state index in [1.54, 1.807) is 0 Å². The molecule has 0 saturated heterocycles. The molecule has 0 radical (unpaired) electrons. The quantitative estimate of drug-likeness (QED) is 0.153. The van der Waals surface area contributed by atoms with Gasteiger partial charge in [-0.1, -0.05) is 170 Å². The Bertz CT molecular complexity index is 3470. The highest BCUT2D eigenvalue weighted by Gasteiger charge is 2.21. The summed E-state index contributed by atoms with van der Waals surface area (Å²) >= 11 is 0. The molecule has 0 fully saturated rings. The van der Waals surface area contributed by atoms with Crippen molar-refractivity contribution in [1.82, 2.24) is 4.57 Å². The Labute approximate surface area is 366 Å². The molecule has 0 saturated carbocycles. The van der Waals surface area contributed by atoms with E-state index in [1.165, 1.54) is 44.1 Å². The average Bonchev–Trinajstić information content (AvgIpc) is 3.90. The number of nitrogens with zero attached hydrogens (tertiary/aromatic N) is 2. The van der Waals surface area contributed by atoms with Crippen molar-refractivity contribution in [2.75, 3.05) is 4.90 Å². The fourth-order valence-electron chi connectivity index (χ4n) is 9.43. The maximum absolute atomic E-state index is 6.36. The number of rotatable bonds is 8. The van der Waals surface area contributed by atoms with Gasteiger partial charge in [-0.05, 0) is 112 Å². The molecule has 0 unspecified atom stereocenters. The number of benzene rings is 10. The minimum absolute atomic E-state index is 0.877. The summed E-state index contributed by atoms with van der Waals surface area (Å²) in [5.41, 5.74) is 17.7. The van der Waals surface area contributed by atoms with Gasteiger partial charge in [0.05, 0.1) is 16.7 Å². The van der Waals surface area contributed by atoms with Gasteiger partial charge < -0.3 is 13.9 Å². The average molecular weight is 805 g/mol. The number of anilines is 3. The van der Waals surface area contributed by atoms with Gasteiger partial charge in [-0.15, -0.1) is 0 Å². The zero-order chi connectivity index (χ0) is 41.7. The zero-order valence-electron chi connectivity index (χ0n) is 34.4. The molecule has 0 N–H and O–H groups in total. The van der Waals surface area contributed by atoms with Crippen LogP contribution in [0.2, 0.25) is 0 Å². The lowest BCUT2D eigenvalue weighted by Crippen LogP contribution is -2.10. The van der Waals surface area contributed by atoms with Crippen LogP contribution in [-0.4, -0.2) is 4.57 Å². The molecule has 12 rings (SSSR count). The fraction of sp³-hybridized carbons (Fsp3) is 0. The molecule has 296 valence electrons. The van der Waals surface area contributed by atoms with E-state index in [-0.39, 0.29) is 0 Å². The molecule has 0 aliphatic rings. The summed E-state index contributed by atoms with van der Waals surface area (Å²) in [5.74, 6) is 0. The topological polar surface area (TPSA) is 21.3 Å². The summed E-state index contributed by atoms with van der Waals surface area (Å²) in [5, 5.41) is 4.68. The van der Waals surface area contributed by atoms with E-state index in [0.717, 1.165) is 66.9 Å². The molecule has 2 aromatic heterocycles. The van der Waals surface area contributed by atoms with Gasteiger partial charge in [0.25, 0.3) is 0 Å². The normalized spacial score (nSPS) is 11.5. The Morgan fingerprint density at radius 2 is 0.762 bits per heavy atom. The first-order valence-corrected chi connectivity index (χ1v) is 21.5. The third-order valence-electron chi connectivity index (χ3n) is 12.4. The van der Waals surface area contributed by atoms with Crippen molar-refractivity contribution in [3.05, 3.63) is 243 Å². The Morgan fingerprint density at radius 3 is 1.40 bits per heavy atom. The van der Waals surface area contributed by atoms with Crippen molar-refractivity contribution >= 4 is 60.8 Å². The van der Waals surface area contributed by atoms with Gasteiger partial charge in [0.1, 0.15) is 11.2 Å². The molecule has 0 aliphatic heterocycles. The lowest BCUT2D eigenvalue weighted by molar-refractivity contribution is 0.669. The largest absolute Gasteiger partial charge is 0.456 e. The van der Waals surface area contributed by atoms with Crippen molar-refractivity contribution in [3.63, 3.8) is 0 Å². The second-order valence-electron chi connectivity index (χ2n) is 16.1. The summed E-state index contributed by atoms with van der Waals surface area (Å²) in [6.45, 7) is 0. The Kier molecular flexibility index (Phi) is 8.83. The molecule has 0 atom stereocenters. The van der Waals surface area contributed by atoms with Crippen LogP contribution in [0, 0.1) is 0 Å². The zero-order valence-corrected chi connectivity index (χ0v) is 34.4. The number of aromatic nitrogens is 1. The van der Waals surface area contributed by atoms with E-state index in [4.69, 9.17) is 4.42 Å². The highest BCUT2D eigenvalue weighted by atomic mass is 16.3. The Morgan fingerprint density at radius 1 is 0.286 bits per heavy atom. The van der Waals surface area contributed by atoms with Crippen LogP contribution in [0.5, 0.6) is 0 Å². The van der Waals surface area contributed by atoms with Gasteiger partial charge in [-0.2, -0.15) is 0 Å². The summed E-state index contributed by atoms with van der Waals surface area (Å²) in [7, 11) is 0. The molecule has 3 nitrogen and oxygen atoms in total. The standard InChI is InChI=1S/C60H40N2O/c1-3-15-41(16-4-1)43-27-32-46(33-28-43)61(47-34-29-44(30-35-47)42-17-5-2-6-18-42)48-36-37-49(54(40-48)45-31-38-60-55(39-45)53-22-10-14-26-59(53)63-60)50-19-7-11-23-56(50)62-57-24-12-8-20-51(57)52-21-9-13-25-58(52)62/h1-40H. The maximum atomic E-state index is 6.36. The highest BCUT2D eigenvalue weighted by Crippen LogP contribution is 2.45. The van der Waals surface area contributed by atoms with Crippen LogP contribution in [0.25, 0.3) is 93.9 Å². The summed E-state index contributed by atoms with van der Waals surface area (Å²) in [4.78, 5) is 2.38. The van der Waals surface area contributed by atoms with Gasteiger partial charge in [0.2, 0.25) is 0 Å².